The van der Waals surface area contributed by atoms with Crippen LogP contribution in [0.3, 0.4) is 0 Å². The highest BCUT2D eigenvalue weighted by Crippen LogP contribution is 2.41. The summed E-state index contributed by atoms with van der Waals surface area (Å²) in [6.45, 7) is 3.30. The highest BCUT2D eigenvalue weighted by molar-refractivity contribution is 5.71. The number of alkyl halides is 3. The Hall–Kier alpha value is -3.62. The van der Waals surface area contributed by atoms with Gasteiger partial charge in [0.1, 0.15) is 11.3 Å². The molecule has 1 aromatic carbocycles. The molecule has 5 nitrogen and oxygen atoms in total. The fourth-order valence-electron chi connectivity index (χ4n) is 5.52. The molecular weight excluding hydrogens is 484 g/mol. The molecule has 0 atom stereocenters. The van der Waals surface area contributed by atoms with Gasteiger partial charge in [-0.25, -0.2) is 14.4 Å². The van der Waals surface area contributed by atoms with Crippen LogP contribution in [0.25, 0.3) is 11.2 Å². The first-order chi connectivity index (χ1) is 17.6. The molecular formula is C28H26F4N4O. The van der Waals surface area contributed by atoms with Crippen LogP contribution >= 0.6 is 0 Å². The predicted molar refractivity (Wildman–Crippen MR) is 132 cm³/mol. The molecule has 9 heteroatoms. The van der Waals surface area contributed by atoms with Gasteiger partial charge in [-0.2, -0.15) is 13.2 Å². The van der Waals surface area contributed by atoms with Crippen molar-refractivity contribution in [2.45, 2.75) is 64.1 Å². The Morgan fingerprint density at radius 1 is 1.00 bits per heavy atom. The van der Waals surface area contributed by atoms with Gasteiger partial charge in [0.05, 0.1) is 29.7 Å². The molecule has 0 amide bonds. The summed E-state index contributed by atoms with van der Waals surface area (Å²) >= 11 is 0. The molecule has 3 aromatic heterocycles. The van der Waals surface area contributed by atoms with Gasteiger partial charge in [0.25, 0.3) is 5.56 Å². The van der Waals surface area contributed by atoms with Crippen molar-refractivity contribution in [3.8, 4) is 0 Å². The van der Waals surface area contributed by atoms with Gasteiger partial charge in [-0.15, -0.1) is 0 Å². The van der Waals surface area contributed by atoms with Gasteiger partial charge in [0.15, 0.2) is 5.65 Å². The molecule has 1 fully saturated rings. The quantitative estimate of drug-likeness (QED) is 0.296. The van der Waals surface area contributed by atoms with Crippen LogP contribution in [0.15, 0.2) is 53.6 Å². The van der Waals surface area contributed by atoms with Crippen LogP contribution in [0.5, 0.6) is 0 Å². The normalized spacial score (nSPS) is 18.3. The Kier molecular flexibility index (Phi) is 6.56. The van der Waals surface area contributed by atoms with E-state index in [0.29, 0.717) is 42.5 Å². The fourth-order valence-corrected chi connectivity index (χ4v) is 5.52. The van der Waals surface area contributed by atoms with Crippen molar-refractivity contribution in [1.29, 1.82) is 0 Å². The third-order valence-electron chi connectivity index (χ3n) is 7.29. The van der Waals surface area contributed by atoms with Crippen molar-refractivity contribution in [2.75, 3.05) is 0 Å². The SMILES string of the molecule is Cc1cnc2c(cc(C3CCC(c4c(C)cccc4F)CC3)c(=O)n2Cc2ncccc2C(F)(F)F)n1. The van der Waals surface area contributed by atoms with Crippen LogP contribution in [0.1, 0.15) is 71.2 Å². The highest BCUT2D eigenvalue weighted by atomic mass is 19.4. The van der Waals surface area contributed by atoms with E-state index in [1.54, 1.807) is 19.1 Å². The van der Waals surface area contributed by atoms with Gasteiger partial charge in [0, 0.05) is 11.8 Å². The smallest absolute Gasteiger partial charge is 0.285 e. The maximum atomic E-state index is 14.6. The molecule has 4 aromatic rings. The molecule has 1 aliphatic rings. The van der Waals surface area contributed by atoms with Gasteiger partial charge in [-0.3, -0.25) is 14.3 Å². The number of benzene rings is 1. The van der Waals surface area contributed by atoms with Gasteiger partial charge >= 0.3 is 6.18 Å². The second-order valence-corrected chi connectivity index (χ2v) is 9.73. The Morgan fingerprint density at radius 3 is 2.43 bits per heavy atom. The third-order valence-corrected chi connectivity index (χ3v) is 7.29. The topological polar surface area (TPSA) is 60.7 Å². The minimum Gasteiger partial charge on any atom is -0.285 e. The predicted octanol–water partition coefficient (Wildman–Crippen LogP) is 6.45. The fraction of sp³-hybridized carbons (Fsp3) is 0.357. The van der Waals surface area contributed by atoms with Crippen molar-refractivity contribution >= 4 is 11.2 Å². The second kappa shape index (κ2) is 9.68. The number of halogens is 4. The van der Waals surface area contributed by atoms with Crippen LogP contribution in [-0.4, -0.2) is 19.5 Å². The largest absolute Gasteiger partial charge is 0.418 e. The first-order valence-electron chi connectivity index (χ1n) is 12.3. The number of hydrogen-bond donors (Lipinski definition) is 0. The van der Waals surface area contributed by atoms with E-state index >= 15 is 0 Å². The molecule has 0 spiro atoms. The molecule has 0 radical (unpaired) electrons. The zero-order chi connectivity index (χ0) is 26.3. The lowest BCUT2D eigenvalue weighted by atomic mass is 9.75. The molecule has 1 saturated carbocycles. The average Bonchev–Trinajstić information content (AvgIpc) is 2.85. The van der Waals surface area contributed by atoms with E-state index in [2.05, 4.69) is 15.0 Å². The van der Waals surface area contributed by atoms with E-state index < -0.39 is 17.3 Å². The molecule has 3 heterocycles. The summed E-state index contributed by atoms with van der Waals surface area (Å²) in [7, 11) is 0. The number of aryl methyl sites for hydroxylation is 2. The number of fused-ring (bicyclic) bond motifs is 1. The monoisotopic (exact) mass is 510 g/mol. The van der Waals surface area contributed by atoms with Crippen LogP contribution in [-0.2, 0) is 12.7 Å². The first kappa shape index (κ1) is 25.0. The number of pyridine rings is 2. The molecule has 37 heavy (non-hydrogen) atoms. The molecule has 192 valence electrons. The van der Waals surface area contributed by atoms with E-state index in [1.165, 1.54) is 29.1 Å². The summed E-state index contributed by atoms with van der Waals surface area (Å²) < 4.78 is 56.7. The minimum atomic E-state index is -4.61. The molecule has 0 saturated heterocycles. The van der Waals surface area contributed by atoms with Gasteiger partial charge in [-0.1, -0.05) is 12.1 Å². The Morgan fingerprint density at radius 2 is 1.73 bits per heavy atom. The van der Waals surface area contributed by atoms with E-state index in [9.17, 15) is 22.4 Å². The van der Waals surface area contributed by atoms with Crippen molar-refractivity contribution in [2.24, 2.45) is 0 Å². The summed E-state index contributed by atoms with van der Waals surface area (Å²) in [5.74, 6) is -0.261. The Bertz CT molecular complexity index is 1500. The lowest BCUT2D eigenvalue weighted by Gasteiger charge is -2.30. The first-order valence-corrected chi connectivity index (χ1v) is 12.3. The standard InChI is InChI=1S/C28H26F4N4O/c1-16-5-3-7-22(29)25(16)19-10-8-18(9-11-19)20-13-23-26(34-14-17(2)35-23)36(27(20)37)15-24-21(28(30,31)32)6-4-12-33-24/h3-7,12-14,18-19H,8-11,15H2,1-2H3. The molecule has 5 rings (SSSR count). The van der Waals surface area contributed by atoms with Crippen LogP contribution in [0, 0.1) is 19.7 Å². The van der Waals surface area contributed by atoms with Gasteiger partial charge < -0.3 is 0 Å². The zero-order valence-corrected chi connectivity index (χ0v) is 20.5. The maximum Gasteiger partial charge on any atom is 0.418 e. The third kappa shape index (κ3) is 4.86. The minimum absolute atomic E-state index is 0.0602. The highest BCUT2D eigenvalue weighted by Gasteiger charge is 2.34. The van der Waals surface area contributed by atoms with Crippen molar-refractivity contribution in [1.82, 2.24) is 19.5 Å². The maximum absolute atomic E-state index is 14.6. The van der Waals surface area contributed by atoms with E-state index in [1.807, 2.05) is 13.0 Å². The molecule has 0 unspecified atom stereocenters. The summed E-state index contributed by atoms with van der Waals surface area (Å²) in [6.07, 6.45) is 0.911. The lowest BCUT2D eigenvalue weighted by Crippen LogP contribution is -2.29. The van der Waals surface area contributed by atoms with E-state index in [0.717, 1.165) is 17.2 Å². The average molecular weight is 511 g/mol. The summed E-state index contributed by atoms with van der Waals surface area (Å²) in [5, 5.41) is 0. The second-order valence-electron chi connectivity index (χ2n) is 9.73. The van der Waals surface area contributed by atoms with Gasteiger partial charge in [-0.05, 0) is 86.8 Å². The summed E-state index contributed by atoms with van der Waals surface area (Å²) in [5.41, 5.74) is 1.91. The zero-order valence-electron chi connectivity index (χ0n) is 20.5. The van der Waals surface area contributed by atoms with Crippen LogP contribution in [0.2, 0.25) is 0 Å². The lowest BCUT2D eigenvalue weighted by molar-refractivity contribution is -0.138. The van der Waals surface area contributed by atoms with Crippen molar-refractivity contribution in [3.05, 3.63) is 98.6 Å². The molecule has 0 bridgehead atoms. The van der Waals surface area contributed by atoms with Gasteiger partial charge in [0.2, 0.25) is 0 Å². The number of nitrogens with zero attached hydrogens (tertiary/aromatic N) is 4. The number of hydrogen-bond acceptors (Lipinski definition) is 4. The van der Waals surface area contributed by atoms with E-state index in [-0.39, 0.29) is 35.5 Å². The number of rotatable bonds is 4. The van der Waals surface area contributed by atoms with Crippen LogP contribution in [0.4, 0.5) is 17.6 Å². The Balaban J connectivity index is 1.53. The number of aromatic nitrogens is 4. The summed E-state index contributed by atoms with van der Waals surface area (Å²) in [4.78, 5) is 26.5. The van der Waals surface area contributed by atoms with Crippen molar-refractivity contribution < 1.29 is 17.6 Å². The molecule has 0 N–H and O–H groups in total. The van der Waals surface area contributed by atoms with Crippen LogP contribution < -0.4 is 5.56 Å². The Labute approximate surface area is 211 Å². The van der Waals surface area contributed by atoms with E-state index in [4.69, 9.17) is 0 Å². The van der Waals surface area contributed by atoms with Crippen molar-refractivity contribution in [3.63, 3.8) is 0 Å². The molecule has 0 aliphatic heterocycles. The molecule has 1 aliphatic carbocycles. The summed E-state index contributed by atoms with van der Waals surface area (Å²) in [6, 6.07) is 8.98.